The van der Waals surface area contributed by atoms with Gasteiger partial charge in [-0.3, -0.25) is 4.79 Å². The van der Waals surface area contributed by atoms with Gasteiger partial charge >= 0.3 is 0 Å². The number of amides is 1. The smallest absolute Gasteiger partial charge is 0.251 e. The van der Waals surface area contributed by atoms with Gasteiger partial charge in [0.15, 0.2) is 5.13 Å². The zero-order chi connectivity index (χ0) is 29.5. The minimum atomic E-state index is -0.640. The number of fused-ring (bicyclic) bond motifs is 1. The largest absolute Gasteiger partial charge is 0.387 e. The first-order valence-electron chi connectivity index (χ1n) is 13.7. The van der Waals surface area contributed by atoms with Gasteiger partial charge in [-0.1, -0.05) is 30.3 Å². The van der Waals surface area contributed by atoms with Crippen molar-refractivity contribution >= 4 is 51.0 Å². The molecule has 0 aliphatic carbocycles. The van der Waals surface area contributed by atoms with E-state index >= 15 is 0 Å². The van der Waals surface area contributed by atoms with E-state index in [4.69, 9.17) is 5.73 Å². The van der Waals surface area contributed by atoms with Gasteiger partial charge in [0.05, 0.1) is 35.7 Å². The molecule has 0 fully saturated rings. The summed E-state index contributed by atoms with van der Waals surface area (Å²) in [6.45, 7) is 5.75. The Morgan fingerprint density at radius 2 is 1.95 bits per heavy atom. The Labute approximate surface area is 253 Å². The second-order valence-corrected chi connectivity index (χ2v) is 12.4. The molecule has 1 amide bonds. The standard InChI is InChI=1S/C31H35N7O2S2/c1-31(2,35-18-28(39)21-7-6-8-23(15-21)37-42-25-9-4-3-5-10-25)13-14-38-20-34-26-16-22(11-12-27(26)38)29(40)33-17-24-19-41-30(32)36-24/h3-12,15-16,19-20,28,35,37,39H,13-14,17-18H2,1-2H3,(H2,32,36)(H,33,40)/t28-/m0/s1. The molecule has 5 aromatic rings. The Kier molecular flexibility index (Phi) is 9.43. The van der Waals surface area contributed by atoms with Crippen LogP contribution in [0.3, 0.4) is 0 Å². The van der Waals surface area contributed by atoms with Gasteiger partial charge in [0.1, 0.15) is 0 Å². The minimum Gasteiger partial charge on any atom is -0.387 e. The molecule has 0 radical (unpaired) electrons. The number of nitrogen functional groups attached to an aromatic ring is 1. The number of aromatic nitrogens is 3. The van der Waals surface area contributed by atoms with Crippen LogP contribution in [-0.4, -0.2) is 37.6 Å². The number of benzene rings is 3. The molecule has 0 saturated heterocycles. The fourth-order valence-corrected chi connectivity index (χ4v) is 5.67. The third-order valence-corrected chi connectivity index (χ3v) is 8.50. The fraction of sp³-hybridized carbons (Fsp3) is 0.258. The Morgan fingerprint density at radius 1 is 1.12 bits per heavy atom. The van der Waals surface area contributed by atoms with Crippen LogP contribution < -0.4 is 21.1 Å². The van der Waals surface area contributed by atoms with E-state index in [1.165, 1.54) is 11.3 Å². The average Bonchev–Trinajstić information content (AvgIpc) is 3.62. The van der Waals surface area contributed by atoms with E-state index in [0.717, 1.165) is 45.8 Å². The Bertz CT molecular complexity index is 1630. The molecule has 11 heteroatoms. The third kappa shape index (κ3) is 7.89. The number of carbonyl (C=O) groups is 1. The molecule has 0 bridgehead atoms. The van der Waals surface area contributed by atoms with Crippen molar-refractivity contribution in [2.75, 3.05) is 17.0 Å². The summed E-state index contributed by atoms with van der Waals surface area (Å²) in [6.07, 6.45) is 1.99. The average molecular weight is 602 g/mol. The SMILES string of the molecule is CC(C)(CCn1cnc2cc(C(=O)NCc3csc(N)n3)ccc21)NC[C@H](O)c1cccc(NSc2ccccc2)c1. The van der Waals surface area contributed by atoms with Crippen LogP contribution in [-0.2, 0) is 13.1 Å². The molecule has 42 heavy (non-hydrogen) atoms. The van der Waals surface area contributed by atoms with Gasteiger partial charge < -0.3 is 30.8 Å². The predicted molar refractivity (Wildman–Crippen MR) is 171 cm³/mol. The van der Waals surface area contributed by atoms with E-state index in [1.807, 2.05) is 60.0 Å². The van der Waals surface area contributed by atoms with E-state index in [0.29, 0.717) is 23.8 Å². The normalized spacial score (nSPS) is 12.4. The molecule has 0 aliphatic heterocycles. The van der Waals surface area contributed by atoms with Crippen molar-refractivity contribution < 1.29 is 9.90 Å². The first kappa shape index (κ1) is 29.6. The van der Waals surface area contributed by atoms with Gasteiger partial charge in [-0.2, -0.15) is 0 Å². The van der Waals surface area contributed by atoms with Gasteiger partial charge in [-0.25, -0.2) is 9.97 Å². The van der Waals surface area contributed by atoms with E-state index in [9.17, 15) is 9.90 Å². The molecule has 2 aromatic heterocycles. The Balaban J connectivity index is 1.12. The lowest BCUT2D eigenvalue weighted by Gasteiger charge is -2.28. The number of imidazole rings is 1. The molecule has 3 aromatic carbocycles. The van der Waals surface area contributed by atoms with Gasteiger partial charge in [0.2, 0.25) is 0 Å². The second-order valence-electron chi connectivity index (χ2n) is 10.7. The number of hydrogen-bond acceptors (Lipinski definition) is 9. The van der Waals surface area contributed by atoms with Crippen LogP contribution in [0.5, 0.6) is 0 Å². The van der Waals surface area contributed by atoms with Crippen molar-refractivity contribution in [3.05, 3.63) is 101 Å². The number of nitrogens with one attached hydrogen (secondary N) is 3. The van der Waals surface area contributed by atoms with Crippen LogP contribution in [0.25, 0.3) is 11.0 Å². The third-order valence-electron chi connectivity index (χ3n) is 6.94. The summed E-state index contributed by atoms with van der Waals surface area (Å²) in [5.41, 5.74) is 10.2. The number of aliphatic hydroxyl groups excluding tert-OH is 1. The number of nitrogens with zero attached hydrogens (tertiary/aromatic N) is 3. The van der Waals surface area contributed by atoms with Crippen molar-refractivity contribution in [2.24, 2.45) is 0 Å². The number of β-amino-alcohol motifs (C(OH)–C–C–N with tert-alkyl or cyclic N) is 1. The lowest BCUT2D eigenvalue weighted by Crippen LogP contribution is -2.42. The fourth-order valence-electron chi connectivity index (χ4n) is 4.45. The lowest BCUT2D eigenvalue weighted by molar-refractivity contribution is 0.0950. The summed E-state index contributed by atoms with van der Waals surface area (Å²) < 4.78 is 5.44. The van der Waals surface area contributed by atoms with Crippen LogP contribution in [0.15, 0.2) is 89.4 Å². The number of nitrogens with two attached hydrogens (primary N) is 1. The van der Waals surface area contributed by atoms with Crippen LogP contribution in [0, 0.1) is 0 Å². The topological polar surface area (TPSA) is 130 Å². The van der Waals surface area contributed by atoms with Crippen LogP contribution in [0.4, 0.5) is 10.8 Å². The molecular formula is C31H35N7O2S2. The summed E-state index contributed by atoms with van der Waals surface area (Å²) in [5.74, 6) is -0.182. The Morgan fingerprint density at radius 3 is 2.74 bits per heavy atom. The number of rotatable bonds is 13. The molecule has 218 valence electrons. The van der Waals surface area contributed by atoms with E-state index < -0.39 is 6.10 Å². The number of anilines is 2. The summed E-state index contributed by atoms with van der Waals surface area (Å²) in [5, 5.41) is 19.6. The molecule has 9 nitrogen and oxygen atoms in total. The van der Waals surface area contributed by atoms with Crippen molar-refractivity contribution in [2.45, 2.75) is 49.9 Å². The number of aliphatic hydroxyl groups is 1. The Hall–Kier alpha value is -3.90. The zero-order valence-electron chi connectivity index (χ0n) is 23.6. The highest BCUT2D eigenvalue weighted by molar-refractivity contribution is 8.00. The van der Waals surface area contributed by atoms with Crippen LogP contribution >= 0.6 is 23.3 Å². The van der Waals surface area contributed by atoms with Gasteiger partial charge in [0, 0.05) is 40.2 Å². The highest BCUT2D eigenvalue weighted by Gasteiger charge is 2.20. The maximum atomic E-state index is 12.6. The molecule has 0 saturated carbocycles. The highest BCUT2D eigenvalue weighted by Crippen LogP contribution is 2.24. The van der Waals surface area contributed by atoms with Crippen LogP contribution in [0.1, 0.15) is 48.0 Å². The monoisotopic (exact) mass is 601 g/mol. The van der Waals surface area contributed by atoms with E-state index in [-0.39, 0.29) is 11.4 Å². The maximum absolute atomic E-state index is 12.6. The first-order valence-corrected chi connectivity index (χ1v) is 15.4. The van der Waals surface area contributed by atoms with Gasteiger partial charge in [-0.05, 0) is 80.2 Å². The molecule has 5 rings (SSSR count). The molecule has 2 heterocycles. The van der Waals surface area contributed by atoms with Gasteiger partial charge in [0.25, 0.3) is 5.91 Å². The van der Waals surface area contributed by atoms with Crippen molar-refractivity contribution in [3.63, 3.8) is 0 Å². The number of carbonyl (C=O) groups excluding carboxylic acids is 1. The van der Waals surface area contributed by atoms with E-state index in [2.05, 4.69) is 55.9 Å². The minimum absolute atomic E-state index is 0.182. The summed E-state index contributed by atoms with van der Waals surface area (Å²) in [4.78, 5) is 22.5. The van der Waals surface area contributed by atoms with Gasteiger partial charge in [-0.15, -0.1) is 11.3 Å². The van der Waals surface area contributed by atoms with Crippen molar-refractivity contribution in [1.82, 2.24) is 25.2 Å². The molecule has 1 atom stereocenters. The molecule has 0 aliphatic rings. The van der Waals surface area contributed by atoms with E-state index in [1.54, 1.807) is 24.3 Å². The second kappa shape index (κ2) is 13.4. The van der Waals surface area contributed by atoms with Crippen molar-refractivity contribution in [1.29, 1.82) is 0 Å². The number of thiazole rings is 1. The maximum Gasteiger partial charge on any atom is 0.251 e. The molecule has 0 spiro atoms. The van der Waals surface area contributed by atoms with Crippen LogP contribution in [0.2, 0.25) is 0 Å². The quantitative estimate of drug-likeness (QED) is 0.110. The number of hydrogen-bond donors (Lipinski definition) is 5. The molecule has 6 N–H and O–H groups in total. The summed E-state index contributed by atoms with van der Waals surface area (Å²) >= 11 is 2.89. The zero-order valence-corrected chi connectivity index (χ0v) is 25.2. The summed E-state index contributed by atoms with van der Waals surface area (Å²) in [7, 11) is 0. The lowest BCUT2D eigenvalue weighted by atomic mass is 9.99. The summed E-state index contributed by atoms with van der Waals surface area (Å²) in [6, 6.07) is 23.5. The predicted octanol–water partition coefficient (Wildman–Crippen LogP) is 5.62. The molecule has 0 unspecified atom stereocenters. The first-order chi connectivity index (χ1) is 20.3. The number of aryl methyl sites for hydroxylation is 1. The highest BCUT2D eigenvalue weighted by atomic mass is 32.2. The van der Waals surface area contributed by atoms with Crippen molar-refractivity contribution in [3.8, 4) is 0 Å². The molecular weight excluding hydrogens is 567 g/mol.